The minimum atomic E-state index is -0.436. The minimum absolute atomic E-state index is 0.0366. The number of likely N-dealkylation sites (N-methyl/N-ethyl adjacent to an activating group) is 1. The molecule has 2 aliphatic rings. The van der Waals surface area contributed by atoms with E-state index >= 15 is 0 Å². The molecule has 2 fully saturated rings. The maximum atomic E-state index is 13.7. The molecule has 2 aromatic rings. The Morgan fingerprint density at radius 2 is 2.26 bits per heavy atom. The molecular formula is C20H24FN3O3. The van der Waals surface area contributed by atoms with Gasteiger partial charge in [0, 0.05) is 24.8 Å². The summed E-state index contributed by atoms with van der Waals surface area (Å²) < 4.78 is 24.7. The van der Waals surface area contributed by atoms with Gasteiger partial charge in [0.2, 0.25) is 5.88 Å². The number of furan rings is 1. The molecule has 0 N–H and O–H groups in total. The van der Waals surface area contributed by atoms with E-state index in [0.717, 1.165) is 24.9 Å². The molecule has 27 heavy (non-hydrogen) atoms. The maximum Gasteiger partial charge on any atom is 0.289 e. The molecule has 4 heterocycles. The van der Waals surface area contributed by atoms with E-state index in [1.54, 1.807) is 18.4 Å². The lowest BCUT2D eigenvalue weighted by atomic mass is 9.75. The molecule has 144 valence electrons. The van der Waals surface area contributed by atoms with Gasteiger partial charge in [-0.1, -0.05) is 0 Å². The first-order valence-corrected chi connectivity index (χ1v) is 9.26. The molecule has 1 atom stereocenters. The van der Waals surface area contributed by atoms with Crippen LogP contribution in [0.15, 0.2) is 35.1 Å². The smallest absolute Gasteiger partial charge is 0.289 e. The zero-order chi connectivity index (χ0) is 19.0. The van der Waals surface area contributed by atoms with Crippen LogP contribution in [0.25, 0.3) is 0 Å². The van der Waals surface area contributed by atoms with Crippen LogP contribution in [0, 0.1) is 18.7 Å². The molecule has 1 spiro atoms. The number of pyridine rings is 1. The maximum absolute atomic E-state index is 13.7. The summed E-state index contributed by atoms with van der Waals surface area (Å²) in [5, 5.41) is 0. The highest BCUT2D eigenvalue weighted by molar-refractivity contribution is 5.93. The number of hydrogen-bond donors (Lipinski definition) is 0. The number of ether oxygens (including phenoxy) is 1. The molecule has 0 aliphatic carbocycles. The van der Waals surface area contributed by atoms with Crippen molar-refractivity contribution < 1.29 is 18.3 Å². The average molecular weight is 373 g/mol. The molecule has 7 heteroatoms. The molecule has 2 saturated heterocycles. The second kappa shape index (κ2) is 6.96. The van der Waals surface area contributed by atoms with E-state index in [4.69, 9.17) is 9.15 Å². The number of carbonyl (C=O) groups excluding carboxylic acids is 1. The Hall–Kier alpha value is -2.41. The lowest BCUT2D eigenvalue weighted by Crippen LogP contribution is -2.72. The summed E-state index contributed by atoms with van der Waals surface area (Å²) in [6.45, 7) is 4.60. The van der Waals surface area contributed by atoms with Gasteiger partial charge in [-0.05, 0) is 57.5 Å². The largest absolute Gasteiger partial charge is 0.475 e. The fourth-order valence-corrected chi connectivity index (χ4v) is 4.14. The van der Waals surface area contributed by atoms with Crippen LogP contribution >= 0.6 is 0 Å². The predicted octanol–water partition coefficient (Wildman–Crippen LogP) is 2.74. The van der Waals surface area contributed by atoms with Crippen molar-refractivity contribution in [1.29, 1.82) is 0 Å². The van der Waals surface area contributed by atoms with Crippen molar-refractivity contribution in [3.05, 3.63) is 47.8 Å². The van der Waals surface area contributed by atoms with Gasteiger partial charge in [-0.2, -0.15) is 0 Å². The number of hydrogen-bond acceptors (Lipinski definition) is 5. The number of rotatable bonds is 4. The van der Waals surface area contributed by atoms with E-state index in [1.807, 2.05) is 11.8 Å². The van der Waals surface area contributed by atoms with E-state index in [1.165, 1.54) is 12.3 Å². The Kier molecular flexibility index (Phi) is 4.63. The minimum Gasteiger partial charge on any atom is -0.475 e. The van der Waals surface area contributed by atoms with E-state index in [-0.39, 0.29) is 17.3 Å². The van der Waals surface area contributed by atoms with E-state index in [9.17, 15) is 9.18 Å². The van der Waals surface area contributed by atoms with E-state index in [2.05, 4.69) is 16.9 Å². The summed E-state index contributed by atoms with van der Waals surface area (Å²) >= 11 is 0. The molecule has 6 nitrogen and oxygen atoms in total. The average Bonchev–Trinajstić information content (AvgIpc) is 3.06. The molecule has 0 bridgehead atoms. The summed E-state index contributed by atoms with van der Waals surface area (Å²) in [6, 6.07) is 4.71. The Morgan fingerprint density at radius 1 is 1.44 bits per heavy atom. The molecule has 1 amide bonds. The zero-order valence-corrected chi connectivity index (χ0v) is 15.7. The van der Waals surface area contributed by atoms with Gasteiger partial charge in [0.25, 0.3) is 5.91 Å². The summed E-state index contributed by atoms with van der Waals surface area (Å²) in [5.41, 5.74) is 0.826. The molecule has 1 unspecified atom stereocenters. The van der Waals surface area contributed by atoms with Crippen molar-refractivity contribution in [3.63, 3.8) is 0 Å². The van der Waals surface area contributed by atoms with Crippen LogP contribution in [0.1, 0.15) is 29.0 Å². The van der Waals surface area contributed by atoms with Crippen LogP contribution in [0.5, 0.6) is 5.88 Å². The number of aryl methyl sites for hydroxylation is 1. The Bertz CT molecular complexity index is 831. The number of aromatic nitrogens is 1. The first kappa shape index (κ1) is 18.0. The van der Waals surface area contributed by atoms with Gasteiger partial charge in [-0.15, -0.1) is 0 Å². The van der Waals surface area contributed by atoms with Crippen LogP contribution in [0.4, 0.5) is 4.39 Å². The number of carbonyl (C=O) groups is 1. The van der Waals surface area contributed by atoms with Gasteiger partial charge in [0.15, 0.2) is 11.6 Å². The van der Waals surface area contributed by atoms with Crippen LogP contribution in [0.2, 0.25) is 0 Å². The summed E-state index contributed by atoms with van der Waals surface area (Å²) in [5.74, 6) is 0.308. The fourth-order valence-electron chi connectivity index (χ4n) is 4.14. The van der Waals surface area contributed by atoms with Crippen LogP contribution in [-0.2, 0) is 0 Å². The normalized spacial score (nSPS) is 21.9. The van der Waals surface area contributed by atoms with Crippen molar-refractivity contribution in [2.45, 2.75) is 25.3 Å². The van der Waals surface area contributed by atoms with Gasteiger partial charge in [-0.3, -0.25) is 9.69 Å². The van der Waals surface area contributed by atoms with E-state index in [0.29, 0.717) is 31.4 Å². The second-order valence-electron chi connectivity index (χ2n) is 7.70. The second-order valence-corrected chi connectivity index (χ2v) is 7.70. The third kappa shape index (κ3) is 3.32. The number of halogens is 1. The Morgan fingerprint density at radius 3 is 2.96 bits per heavy atom. The van der Waals surface area contributed by atoms with Crippen molar-refractivity contribution in [1.82, 2.24) is 14.8 Å². The summed E-state index contributed by atoms with van der Waals surface area (Å²) in [6.07, 6.45) is 4.98. The number of piperidine rings is 1. The van der Waals surface area contributed by atoms with Gasteiger partial charge in [0.05, 0.1) is 18.4 Å². The zero-order valence-electron chi connectivity index (χ0n) is 15.7. The predicted molar refractivity (Wildman–Crippen MR) is 97.1 cm³/mol. The first-order chi connectivity index (χ1) is 13.0. The molecule has 0 radical (unpaired) electrons. The fraction of sp³-hybridized carbons (Fsp3) is 0.500. The standard InChI is InChI=1S/C20H24FN3O3/c1-14-6-9-26-17(14)19(25)24-12-20(13-24)10-15(5-8-23(20)2)11-27-18-16(21)4-3-7-22-18/h3-4,6-7,9,15H,5,8,10-13H2,1-2H3. The third-order valence-electron chi connectivity index (χ3n) is 5.85. The first-order valence-electron chi connectivity index (χ1n) is 9.26. The van der Waals surface area contributed by atoms with Crippen molar-refractivity contribution >= 4 is 5.91 Å². The highest BCUT2D eigenvalue weighted by Gasteiger charge is 2.51. The number of amides is 1. The van der Waals surface area contributed by atoms with E-state index < -0.39 is 5.82 Å². The summed E-state index contributed by atoms with van der Waals surface area (Å²) in [7, 11) is 2.11. The van der Waals surface area contributed by atoms with Crippen molar-refractivity contribution in [3.8, 4) is 5.88 Å². The van der Waals surface area contributed by atoms with Crippen molar-refractivity contribution in [2.24, 2.45) is 5.92 Å². The highest BCUT2D eigenvalue weighted by Crippen LogP contribution is 2.39. The third-order valence-corrected chi connectivity index (χ3v) is 5.85. The quantitative estimate of drug-likeness (QED) is 0.825. The lowest BCUT2D eigenvalue weighted by molar-refractivity contribution is -0.0705. The van der Waals surface area contributed by atoms with Crippen LogP contribution < -0.4 is 4.74 Å². The Balaban J connectivity index is 1.37. The summed E-state index contributed by atoms with van der Waals surface area (Å²) in [4.78, 5) is 20.7. The number of nitrogens with zero attached hydrogens (tertiary/aromatic N) is 3. The Labute approximate surface area is 157 Å². The monoisotopic (exact) mass is 373 g/mol. The molecule has 2 aliphatic heterocycles. The van der Waals surface area contributed by atoms with Gasteiger partial charge in [0.1, 0.15) is 0 Å². The molecule has 4 rings (SSSR count). The molecule has 0 saturated carbocycles. The van der Waals surface area contributed by atoms with Gasteiger partial charge >= 0.3 is 0 Å². The number of likely N-dealkylation sites (tertiary alicyclic amines) is 2. The topological polar surface area (TPSA) is 58.8 Å². The molecule has 0 aromatic carbocycles. The SMILES string of the molecule is Cc1ccoc1C(=O)N1CC2(CC(COc3ncccc3F)CCN2C)C1. The van der Waals surface area contributed by atoms with Gasteiger partial charge in [-0.25, -0.2) is 9.37 Å². The highest BCUT2D eigenvalue weighted by atomic mass is 19.1. The lowest BCUT2D eigenvalue weighted by Gasteiger charge is -2.58. The molecular weight excluding hydrogens is 349 g/mol. The van der Waals surface area contributed by atoms with Crippen LogP contribution in [0.3, 0.4) is 0 Å². The van der Waals surface area contributed by atoms with Crippen LogP contribution in [-0.4, -0.2) is 59.5 Å². The van der Waals surface area contributed by atoms with Crippen molar-refractivity contribution in [2.75, 3.05) is 33.3 Å². The van der Waals surface area contributed by atoms with Gasteiger partial charge < -0.3 is 14.1 Å². The molecule has 2 aromatic heterocycles.